The van der Waals surface area contributed by atoms with Crippen LogP contribution in [0, 0.1) is 18.8 Å². The van der Waals surface area contributed by atoms with Crippen molar-refractivity contribution in [2.24, 2.45) is 17.6 Å². The van der Waals surface area contributed by atoms with E-state index in [0.717, 1.165) is 58.8 Å². The van der Waals surface area contributed by atoms with E-state index in [1.54, 1.807) is 6.20 Å². The second kappa shape index (κ2) is 15.2. The number of fused-ring (bicyclic) bond motifs is 1. The molecule has 0 aliphatic heterocycles. The summed E-state index contributed by atoms with van der Waals surface area (Å²) in [6, 6.07) is 18.6. The molecule has 10 heteroatoms. The van der Waals surface area contributed by atoms with Gasteiger partial charge < -0.3 is 21.7 Å². The predicted octanol–water partition coefficient (Wildman–Crippen LogP) is 5.53. The number of benzene rings is 3. The average molecular weight is 631 g/mol. The highest BCUT2D eigenvalue weighted by Gasteiger charge is 2.29. The minimum absolute atomic E-state index is 0. The molecule has 0 unspecified atom stereocenters. The number of hydrogen-bond acceptors (Lipinski definition) is 5. The minimum Gasteiger partial charge on any atom is -0.350 e. The van der Waals surface area contributed by atoms with Crippen LogP contribution in [0.2, 0.25) is 0 Å². The minimum atomic E-state index is -0.751. The van der Waals surface area contributed by atoms with Crippen LogP contribution in [0.15, 0.2) is 66.9 Å². The topological polar surface area (TPSA) is 142 Å². The number of nitrogens with two attached hydrogens (primary N) is 1. The summed E-state index contributed by atoms with van der Waals surface area (Å²) in [6.45, 7) is 6.52. The highest BCUT2D eigenvalue weighted by atomic mass is 35.5. The van der Waals surface area contributed by atoms with Crippen molar-refractivity contribution in [3.63, 3.8) is 0 Å². The molecule has 1 aliphatic rings. The molecule has 4 aromatic rings. The highest BCUT2D eigenvalue weighted by molar-refractivity contribution is 5.99. The Hall–Kier alpha value is -4.21. The summed E-state index contributed by atoms with van der Waals surface area (Å²) >= 11 is 0. The third-order valence-electron chi connectivity index (χ3n) is 8.51. The molecule has 3 aromatic carbocycles. The number of anilines is 1. The molecule has 9 nitrogen and oxygen atoms in total. The van der Waals surface area contributed by atoms with Crippen molar-refractivity contribution >= 4 is 46.7 Å². The fourth-order valence-corrected chi connectivity index (χ4v) is 5.93. The fraction of sp³-hybridized carbons (Fsp3) is 0.371. The molecule has 1 heterocycles. The monoisotopic (exact) mass is 630 g/mol. The largest absolute Gasteiger partial charge is 0.350 e. The number of halogens is 1. The Labute approximate surface area is 270 Å². The van der Waals surface area contributed by atoms with E-state index in [4.69, 9.17) is 5.73 Å². The molecule has 6 N–H and O–H groups in total. The van der Waals surface area contributed by atoms with E-state index in [9.17, 15) is 14.4 Å². The van der Waals surface area contributed by atoms with E-state index in [1.807, 2.05) is 81.4 Å². The number of aryl methyl sites for hydroxylation is 1. The van der Waals surface area contributed by atoms with Gasteiger partial charge >= 0.3 is 0 Å². The average Bonchev–Trinajstić information content (AvgIpc) is 3.49. The maximum atomic E-state index is 13.6. The van der Waals surface area contributed by atoms with Crippen molar-refractivity contribution in [2.75, 3.05) is 11.9 Å². The SMILES string of the molecule is Cc1cc(C(=O)NC(C)C)ccc1-c1ccc(C[C@H](NC(=O)[C@H]2CC[C@H](CN)CC2)C(=O)Nc2ccc3cn[nH]c3c2)cc1.Cl. The molecule has 45 heavy (non-hydrogen) atoms. The van der Waals surface area contributed by atoms with Crippen LogP contribution in [0.25, 0.3) is 22.0 Å². The van der Waals surface area contributed by atoms with Gasteiger partial charge in [0, 0.05) is 35.0 Å². The van der Waals surface area contributed by atoms with Crippen LogP contribution in [-0.4, -0.2) is 46.5 Å². The number of hydrogen-bond donors (Lipinski definition) is 5. The zero-order valence-electron chi connectivity index (χ0n) is 26.1. The first kappa shape index (κ1) is 33.7. The molecule has 1 aliphatic carbocycles. The first-order valence-electron chi connectivity index (χ1n) is 15.5. The molecule has 0 radical (unpaired) electrons. The summed E-state index contributed by atoms with van der Waals surface area (Å²) < 4.78 is 0. The third-order valence-corrected chi connectivity index (χ3v) is 8.51. The number of aromatic amines is 1. The summed E-state index contributed by atoms with van der Waals surface area (Å²) in [5.41, 5.74) is 11.9. The molecule has 5 rings (SSSR count). The lowest BCUT2D eigenvalue weighted by Gasteiger charge is -2.28. The summed E-state index contributed by atoms with van der Waals surface area (Å²) in [7, 11) is 0. The maximum absolute atomic E-state index is 13.6. The Morgan fingerprint density at radius 2 is 1.69 bits per heavy atom. The van der Waals surface area contributed by atoms with Crippen LogP contribution in [0.3, 0.4) is 0 Å². The van der Waals surface area contributed by atoms with E-state index in [2.05, 4.69) is 26.1 Å². The number of amides is 3. The molecule has 1 saturated carbocycles. The van der Waals surface area contributed by atoms with Crippen LogP contribution in [0.4, 0.5) is 5.69 Å². The first-order valence-corrected chi connectivity index (χ1v) is 15.5. The van der Waals surface area contributed by atoms with Crippen molar-refractivity contribution < 1.29 is 14.4 Å². The lowest BCUT2D eigenvalue weighted by Crippen LogP contribution is -2.48. The van der Waals surface area contributed by atoms with Gasteiger partial charge in [-0.3, -0.25) is 19.5 Å². The maximum Gasteiger partial charge on any atom is 0.251 e. The summed E-state index contributed by atoms with van der Waals surface area (Å²) in [6.07, 6.45) is 5.50. The van der Waals surface area contributed by atoms with Gasteiger partial charge in [-0.25, -0.2) is 0 Å². The number of aromatic nitrogens is 2. The molecule has 1 fully saturated rings. The second-order valence-corrected chi connectivity index (χ2v) is 12.2. The lowest BCUT2D eigenvalue weighted by atomic mass is 9.81. The van der Waals surface area contributed by atoms with Crippen LogP contribution in [0.5, 0.6) is 0 Å². The quantitative estimate of drug-likeness (QED) is 0.157. The summed E-state index contributed by atoms with van der Waals surface area (Å²) in [4.78, 5) is 39.4. The molecule has 0 saturated heterocycles. The highest BCUT2D eigenvalue weighted by Crippen LogP contribution is 2.29. The van der Waals surface area contributed by atoms with Gasteiger partial charge in [-0.1, -0.05) is 30.3 Å². The molecule has 238 valence electrons. The molecule has 3 amide bonds. The van der Waals surface area contributed by atoms with Gasteiger partial charge in [0.25, 0.3) is 5.91 Å². The van der Waals surface area contributed by atoms with Crippen LogP contribution < -0.4 is 21.7 Å². The van der Waals surface area contributed by atoms with Gasteiger partial charge in [-0.2, -0.15) is 5.10 Å². The number of carbonyl (C=O) groups excluding carboxylic acids is 3. The normalized spacial score (nSPS) is 16.9. The standard InChI is InChI=1S/C35H42N6O3.ClH/c1-21(2)38-34(43)27-13-15-30(22(3)16-27)25-8-4-23(5-9-25)17-32(40-33(42)26-10-6-24(19-36)7-11-26)35(44)39-29-14-12-28-20-37-41-31(28)18-29;/h4-5,8-9,12-16,18,20-21,24,26,32H,6-7,10-11,17,19,36H2,1-3H3,(H,37,41)(H,38,43)(H,39,44)(H,40,42);1H/t24-,26-,32-;/m0./s1. The molecular formula is C35H43ClN6O3. The number of H-pyrrole nitrogens is 1. The van der Waals surface area contributed by atoms with E-state index in [0.29, 0.717) is 30.1 Å². The Morgan fingerprint density at radius 1 is 0.956 bits per heavy atom. The zero-order chi connectivity index (χ0) is 31.2. The second-order valence-electron chi connectivity index (χ2n) is 12.2. The number of nitrogens with zero attached hydrogens (tertiary/aromatic N) is 1. The molecular weight excluding hydrogens is 588 g/mol. The molecule has 1 atom stereocenters. The predicted molar refractivity (Wildman–Crippen MR) is 181 cm³/mol. The van der Waals surface area contributed by atoms with Gasteiger partial charge in [-0.15, -0.1) is 12.4 Å². The van der Waals surface area contributed by atoms with Crippen LogP contribution in [0.1, 0.15) is 61.0 Å². The summed E-state index contributed by atoms with van der Waals surface area (Å²) in [5, 5.41) is 16.9. The van der Waals surface area contributed by atoms with Gasteiger partial charge in [0.15, 0.2) is 0 Å². The Morgan fingerprint density at radius 3 is 2.36 bits per heavy atom. The van der Waals surface area contributed by atoms with E-state index in [-0.39, 0.29) is 42.1 Å². The zero-order valence-corrected chi connectivity index (χ0v) is 26.9. The van der Waals surface area contributed by atoms with Gasteiger partial charge in [-0.05, 0) is 112 Å². The Kier molecular flexibility index (Phi) is 11.4. The third kappa shape index (κ3) is 8.49. The van der Waals surface area contributed by atoms with E-state index >= 15 is 0 Å². The van der Waals surface area contributed by atoms with Gasteiger partial charge in [0.05, 0.1) is 11.7 Å². The number of rotatable bonds is 10. The lowest BCUT2D eigenvalue weighted by molar-refractivity contribution is -0.130. The molecule has 0 bridgehead atoms. The number of carbonyl (C=O) groups is 3. The van der Waals surface area contributed by atoms with Gasteiger partial charge in [0.2, 0.25) is 11.8 Å². The van der Waals surface area contributed by atoms with Crippen molar-refractivity contribution in [2.45, 2.75) is 65.0 Å². The van der Waals surface area contributed by atoms with Crippen molar-refractivity contribution in [1.82, 2.24) is 20.8 Å². The van der Waals surface area contributed by atoms with E-state index < -0.39 is 6.04 Å². The van der Waals surface area contributed by atoms with Crippen molar-refractivity contribution in [3.05, 3.63) is 83.6 Å². The van der Waals surface area contributed by atoms with Crippen molar-refractivity contribution in [3.8, 4) is 11.1 Å². The van der Waals surface area contributed by atoms with Crippen LogP contribution in [-0.2, 0) is 16.0 Å². The Balaban J connectivity index is 0.00000461. The van der Waals surface area contributed by atoms with Crippen molar-refractivity contribution in [1.29, 1.82) is 0 Å². The van der Waals surface area contributed by atoms with Gasteiger partial charge in [0.1, 0.15) is 6.04 Å². The molecule has 1 aromatic heterocycles. The number of nitrogens with one attached hydrogen (secondary N) is 4. The summed E-state index contributed by atoms with van der Waals surface area (Å²) in [5.74, 6) is -0.105. The molecule has 0 spiro atoms. The smallest absolute Gasteiger partial charge is 0.251 e. The van der Waals surface area contributed by atoms with Crippen LogP contribution >= 0.6 is 12.4 Å². The van der Waals surface area contributed by atoms with E-state index in [1.165, 1.54) is 0 Å². The first-order chi connectivity index (χ1) is 21.2. The fourth-order valence-electron chi connectivity index (χ4n) is 5.93. The Bertz CT molecular complexity index is 1630.